The number of allylic oxidation sites excluding steroid dienone is 1. The van der Waals surface area contributed by atoms with E-state index in [9.17, 15) is 29.4 Å². The summed E-state index contributed by atoms with van der Waals surface area (Å²) in [6.07, 6.45) is 9.83. The molecule has 0 aromatic rings. The van der Waals surface area contributed by atoms with Gasteiger partial charge in [-0.25, -0.2) is 0 Å². The fraction of sp³-hybridized carbons (Fsp3) is 0.727. The molecular weight excluding hydrogens is 388 g/mol. The summed E-state index contributed by atoms with van der Waals surface area (Å²) in [4.78, 5) is 49.2. The first kappa shape index (κ1) is 27.9. The molecule has 0 aliphatic carbocycles. The van der Waals surface area contributed by atoms with Crippen molar-refractivity contribution in [2.75, 3.05) is 6.54 Å². The van der Waals surface area contributed by atoms with E-state index in [-0.39, 0.29) is 6.54 Å². The van der Waals surface area contributed by atoms with E-state index in [4.69, 9.17) is 0 Å². The highest BCUT2D eigenvalue weighted by atomic mass is 16.4. The number of aliphatic hydroxyl groups is 2. The SMILES string of the molecule is C=CCCCCCCCCCNC(=O)C(O)(C(C)=O)C(O)(C(C)=O)C(=O)NC(C)C. The van der Waals surface area contributed by atoms with Gasteiger partial charge in [-0.2, -0.15) is 0 Å². The van der Waals surface area contributed by atoms with Gasteiger partial charge in [-0.1, -0.05) is 38.2 Å². The first-order valence-corrected chi connectivity index (χ1v) is 10.6. The monoisotopic (exact) mass is 426 g/mol. The zero-order valence-electron chi connectivity index (χ0n) is 18.8. The Morgan fingerprint density at radius 2 is 1.27 bits per heavy atom. The fourth-order valence-electron chi connectivity index (χ4n) is 3.15. The van der Waals surface area contributed by atoms with Crippen LogP contribution in [0.15, 0.2) is 12.7 Å². The first-order chi connectivity index (χ1) is 14.0. The van der Waals surface area contributed by atoms with Gasteiger partial charge >= 0.3 is 0 Å². The number of ketones is 2. The highest BCUT2D eigenvalue weighted by molar-refractivity contribution is 6.23. The second kappa shape index (κ2) is 13.3. The highest BCUT2D eigenvalue weighted by Crippen LogP contribution is 2.27. The van der Waals surface area contributed by atoms with E-state index in [1.54, 1.807) is 13.8 Å². The molecule has 0 rings (SSSR count). The molecule has 30 heavy (non-hydrogen) atoms. The summed E-state index contributed by atoms with van der Waals surface area (Å²) in [5, 5.41) is 26.2. The Morgan fingerprint density at radius 1 is 0.833 bits per heavy atom. The summed E-state index contributed by atoms with van der Waals surface area (Å²) in [5.74, 6) is -4.97. The molecule has 8 heteroatoms. The Labute approximate surface area is 179 Å². The van der Waals surface area contributed by atoms with Gasteiger partial charge in [0.05, 0.1) is 0 Å². The minimum absolute atomic E-state index is 0.144. The van der Waals surface area contributed by atoms with Crippen molar-refractivity contribution >= 4 is 23.4 Å². The van der Waals surface area contributed by atoms with Gasteiger partial charge in [0.2, 0.25) is 11.2 Å². The third-order valence-corrected chi connectivity index (χ3v) is 4.99. The molecule has 2 unspecified atom stereocenters. The van der Waals surface area contributed by atoms with Crippen molar-refractivity contribution in [1.29, 1.82) is 0 Å². The van der Waals surface area contributed by atoms with Gasteiger partial charge in [0.1, 0.15) is 0 Å². The van der Waals surface area contributed by atoms with Crippen LogP contribution in [0, 0.1) is 0 Å². The third-order valence-electron chi connectivity index (χ3n) is 4.99. The summed E-state index contributed by atoms with van der Waals surface area (Å²) >= 11 is 0. The van der Waals surface area contributed by atoms with E-state index in [1.807, 2.05) is 6.08 Å². The van der Waals surface area contributed by atoms with Crippen LogP contribution >= 0.6 is 0 Å². The number of amides is 2. The smallest absolute Gasteiger partial charge is 0.264 e. The Kier molecular flexibility index (Phi) is 12.4. The molecule has 0 saturated heterocycles. The van der Waals surface area contributed by atoms with Crippen molar-refractivity contribution in [3.63, 3.8) is 0 Å². The average molecular weight is 427 g/mol. The lowest BCUT2D eigenvalue weighted by Crippen LogP contribution is -2.75. The van der Waals surface area contributed by atoms with E-state index in [0.717, 1.165) is 58.8 Å². The Balaban J connectivity index is 4.91. The molecule has 0 heterocycles. The van der Waals surface area contributed by atoms with Crippen molar-refractivity contribution in [1.82, 2.24) is 10.6 Å². The molecule has 172 valence electrons. The normalized spacial score (nSPS) is 15.0. The molecule has 0 aliphatic heterocycles. The molecule has 2 atom stereocenters. The summed E-state index contributed by atoms with van der Waals surface area (Å²) in [6.45, 7) is 8.67. The Morgan fingerprint density at radius 3 is 1.70 bits per heavy atom. The van der Waals surface area contributed by atoms with Gasteiger partial charge in [0, 0.05) is 12.6 Å². The number of carbonyl (C=O) groups is 4. The maximum absolute atomic E-state index is 12.6. The number of nitrogens with one attached hydrogen (secondary N) is 2. The van der Waals surface area contributed by atoms with Crippen molar-refractivity contribution in [3.05, 3.63) is 12.7 Å². The second-order valence-corrected chi connectivity index (χ2v) is 7.97. The fourth-order valence-corrected chi connectivity index (χ4v) is 3.15. The summed E-state index contributed by atoms with van der Waals surface area (Å²) in [7, 11) is 0. The van der Waals surface area contributed by atoms with Crippen molar-refractivity contribution in [2.45, 2.75) is 96.3 Å². The van der Waals surface area contributed by atoms with Crippen LogP contribution in [-0.2, 0) is 19.2 Å². The maximum Gasteiger partial charge on any atom is 0.264 e. The number of carbonyl (C=O) groups excluding carboxylic acids is 4. The quantitative estimate of drug-likeness (QED) is 0.168. The number of unbranched alkanes of at least 4 members (excludes halogenated alkanes) is 7. The van der Waals surface area contributed by atoms with E-state index >= 15 is 0 Å². The lowest BCUT2D eigenvalue weighted by molar-refractivity contribution is -0.191. The van der Waals surface area contributed by atoms with Gasteiger partial charge in [-0.3, -0.25) is 19.2 Å². The predicted molar refractivity (Wildman–Crippen MR) is 115 cm³/mol. The molecule has 0 saturated carbocycles. The maximum atomic E-state index is 12.6. The van der Waals surface area contributed by atoms with Crippen LogP contribution in [0.3, 0.4) is 0 Å². The van der Waals surface area contributed by atoms with Crippen LogP contribution in [0.2, 0.25) is 0 Å². The summed E-state index contributed by atoms with van der Waals surface area (Å²) in [5.41, 5.74) is -6.44. The predicted octanol–water partition coefficient (Wildman–Crippen LogP) is 1.57. The zero-order chi connectivity index (χ0) is 23.4. The van der Waals surface area contributed by atoms with Crippen LogP contribution in [0.5, 0.6) is 0 Å². The van der Waals surface area contributed by atoms with E-state index in [2.05, 4.69) is 17.2 Å². The number of hydrogen-bond donors (Lipinski definition) is 4. The lowest BCUT2D eigenvalue weighted by Gasteiger charge is -2.37. The molecular formula is C22H38N2O6. The molecule has 4 N–H and O–H groups in total. The number of hydrogen-bond acceptors (Lipinski definition) is 6. The van der Waals surface area contributed by atoms with Gasteiger partial charge in [-0.05, 0) is 47.0 Å². The van der Waals surface area contributed by atoms with Crippen molar-refractivity contribution in [2.24, 2.45) is 0 Å². The largest absolute Gasteiger partial charge is 0.370 e. The van der Waals surface area contributed by atoms with Crippen LogP contribution in [0.1, 0.15) is 79.1 Å². The van der Waals surface area contributed by atoms with Crippen LogP contribution in [0.4, 0.5) is 0 Å². The van der Waals surface area contributed by atoms with E-state index in [0.29, 0.717) is 6.42 Å². The molecule has 0 aliphatic rings. The lowest BCUT2D eigenvalue weighted by atomic mass is 9.75. The Hall–Kier alpha value is -2.06. The summed E-state index contributed by atoms with van der Waals surface area (Å²) in [6, 6.07) is -0.487. The third kappa shape index (κ3) is 7.32. The van der Waals surface area contributed by atoms with Gasteiger partial charge in [-0.15, -0.1) is 6.58 Å². The minimum Gasteiger partial charge on any atom is -0.370 e. The minimum atomic E-state index is -3.22. The van der Waals surface area contributed by atoms with Gasteiger partial charge < -0.3 is 20.8 Å². The molecule has 0 spiro atoms. The van der Waals surface area contributed by atoms with Crippen molar-refractivity contribution < 1.29 is 29.4 Å². The van der Waals surface area contributed by atoms with Crippen LogP contribution in [-0.4, -0.2) is 57.4 Å². The van der Waals surface area contributed by atoms with Gasteiger partial charge in [0.15, 0.2) is 11.6 Å². The molecule has 8 nitrogen and oxygen atoms in total. The van der Waals surface area contributed by atoms with Crippen molar-refractivity contribution in [3.8, 4) is 0 Å². The van der Waals surface area contributed by atoms with Crippen LogP contribution in [0.25, 0.3) is 0 Å². The standard InChI is InChI=1S/C22H38N2O6/c1-6-7-8-9-10-11-12-13-14-15-23-19(27)21(29,17(4)25)22(30,18(5)26)20(28)24-16(2)3/h6,16,29-30H,1,7-15H2,2-5H3,(H,23,27)(H,24,28). The molecule has 2 amide bonds. The topological polar surface area (TPSA) is 133 Å². The molecule has 0 bridgehead atoms. The van der Waals surface area contributed by atoms with E-state index in [1.165, 1.54) is 0 Å². The molecule has 0 aromatic heterocycles. The number of Topliss-reactive ketones (excluding diaryl/α,β-unsaturated/α-hetero) is 2. The highest BCUT2D eigenvalue weighted by Gasteiger charge is 2.66. The summed E-state index contributed by atoms with van der Waals surface area (Å²) < 4.78 is 0. The average Bonchev–Trinajstić information content (AvgIpc) is 2.66. The first-order valence-electron chi connectivity index (χ1n) is 10.6. The number of rotatable bonds is 16. The Bertz CT molecular complexity index is 619. The molecule has 0 fully saturated rings. The van der Waals surface area contributed by atoms with E-state index < -0.39 is 40.6 Å². The molecule has 0 radical (unpaired) electrons. The second-order valence-electron chi connectivity index (χ2n) is 7.97. The van der Waals surface area contributed by atoms with Crippen LogP contribution < -0.4 is 10.6 Å². The zero-order valence-corrected chi connectivity index (χ0v) is 18.8. The molecule has 0 aromatic carbocycles. The van der Waals surface area contributed by atoms with Gasteiger partial charge in [0.25, 0.3) is 11.8 Å².